The van der Waals surface area contributed by atoms with Gasteiger partial charge in [0.1, 0.15) is 0 Å². The first-order chi connectivity index (χ1) is 6.95. The lowest BCUT2D eigenvalue weighted by Crippen LogP contribution is -2.37. The van der Waals surface area contributed by atoms with E-state index >= 15 is 0 Å². The van der Waals surface area contributed by atoms with Gasteiger partial charge in [0.15, 0.2) is 0 Å². The lowest BCUT2D eigenvalue weighted by atomic mass is 10.3. The molecule has 0 spiro atoms. The van der Waals surface area contributed by atoms with Gasteiger partial charge >= 0.3 is 0 Å². The number of aliphatic imine (C=N–C) groups is 1. The molecule has 0 bridgehead atoms. The van der Waals surface area contributed by atoms with Crippen LogP contribution in [0.3, 0.4) is 0 Å². The van der Waals surface area contributed by atoms with Crippen LogP contribution in [0.5, 0.6) is 0 Å². The van der Waals surface area contributed by atoms with Crippen molar-refractivity contribution >= 4 is 6.21 Å². The Labute approximate surface area is 84.6 Å². The lowest BCUT2D eigenvalue weighted by Gasteiger charge is -2.26. The number of nitrogens with one attached hydrogen (secondary N) is 1. The van der Waals surface area contributed by atoms with E-state index in [1.54, 1.807) is 0 Å². The fourth-order valence-corrected chi connectivity index (χ4v) is 1.66. The zero-order valence-electron chi connectivity index (χ0n) is 8.41. The Morgan fingerprint density at radius 2 is 2.29 bits per heavy atom. The average molecular weight is 195 g/mol. The molecule has 4 heteroatoms. The molecule has 0 saturated carbocycles. The third-order valence-electron chi connectivity index (χ3n) is 2.52. The van der Waals surface area contributed by atoms with Gasteiger partial charge in [-0.3, -0.25) is 9.89 Å². The van der Waals surface area contributed by atoms with Crippen LogP contribution < -0.4 is 5.32 Å². The second kappa shape index (κ2) is 5.12. The van der Waals surface area contributed by atoms with Crippen molar-refractivity contribution in [2.45, 2.75) is 6.42 Å². The fourth-order valence-electron chi connectivity index (χ4n) is 1.66. The summed E-state index contributed by atoms with van der Waals surface area (Å²) in [5.74, 6) is 0. The molecule has 2 rings (SSSR count). The minimum atomic E-state index is 0.862. The molecule has 1 saturated heterocycles. The van der Waals surface area contributed by atoms with E-state index in [9.17, 15) is 0 Å². The molecule has 2 heterocycles. The van der Waals surface area contributed by atoms with Crippen molar-refractivity contribution in [3.63, 3.8) is 0 Å². The van der Waals surface area contributed by atoms with Gasteiger partial charge in [0.2, 0.25) is 0 Å². The Bertz CT molecular complexity index is 232. The molecule has 0 atom stereocenters. The van der Waals surface area contributed by atoms with E-state index in [4.69, 9.17) is 4.74 Å². The molecule has 1 fully saturated rings. The van der Waals surface area contributed by atoms with Gasteiger partial charge in [0.25, 0.3) is 0 Å². The van der Waals surface area contributed by atoms with Crippen molar-refractivity contribution in [1.29, 1.82) is 0 Å². The predicted octanol–water partition coefficient (Wildman–Crippen LogP) is 0.224. The van der Waals surface area contributed by atoms with Gasteiger partial charge in [-0.2, -0.15) is 0 Å². The van der Waals surface area contributed by atoms with Crippen molar-refractivity contribution in [3.8, 4) is 0 Å². The number of rotatable bonds is 3. The molecule has 4 nitrogen and oxygen atoms in total. The van der Waals surface area contributed by atoms with Gasteiger partial charge in [-0.15, -0.1) is 0 Å². The van der Waals surface area contributed by atoms with Crippen molar-refractivity contribution in [1.82, 2.24) is 10.2 Å². The topological polar surface area (TPSA) is 36.9 Å². The molecule has 78 valence electrons. The molecular weight excluding hydrogens is 178 g/mol. The quantitative estimate of drug-likeness (QED) is 0.700. The SMILES string of the molecule is C1=NC(CCN2CCOCC2)=CNC1. The van der Waals surface area contributed by atoms with Crippen LogP contribution in [0.4, 0.5) is 0 Å². The summed E-state index contributed by atoms with van der Waals surface area (Å²) in [5.41, 5.74) is 1.16. The number of nitrogens with zero attached hydrogens (tertiary/aromatic N) is 2. The maximum absolute atomic E-state index is 5.29. The van der Waals surface area contributed by atoms with E-state index in [1.165, 1.54) is 0 Å². The first-order valence-corrected chi connectivity index (χ1v) is 5.20. The van der Waals surface area contributed by atoms with Crippen molar-refractivity contribution in [2.75, 3.05) is 39.4 Å². The highest BCUT2D eigenvalue weighted by molar-refractivity contribution is 5.62. The van der Waals surface area contributed by atoms with Crippen molar-refractivity contribution in [3.05, 3.63) is 11.9 Å². The maximum Gasteiger partial charge on any atom is 0.0594 e. The van der Waals surface area contributed by atoms with E-state index in [0.29, 0.717) is 0 Å². The fraction of sp³-hybridized carbons (Fsp3) is 0.700. The molecule has 0 aliphatic carbocycles. The molecule has 0 aromatic rings. The Morgan fingerprint density at radius 3 is 3.00 bits per heavy atom. The molecule has 0 aromatic carbocycles. The van der Waals surface area contributed by atoms with E-state index in [1.807, 2.05) is 12.4 Å². The second-order valence-corrected chi connectivity index (χ2v) is 3.56. The van der Waals surface area contributed by atoms with Crippen LogP contribution in [0.2, 0.25) is 0 Å². The van der Waals surface area contributed by atoms with E-state index in [2.05, 4.69) is 15.2 Å². The summed E-state index contributed by atoms with van der Waals surface area (Å²) in [6.45, 7) is 5.82. The third kappa shape index (κ3) is 2.82. The van der Waals surface area contributed by atoms with Gasteiger partial charge in [0, 0.05) is 45.0 Å². The summed E-state index contributed by atoms with van der Waals surface area (Å²) >= 11 is 0. The maximum atomic E-state index is 5.29. The first-order valence-electron chi connectivity index (χ1n) is 5.20. The molecule has 0 amide bonds. The average Bonchev–Trinajstić information content (AvgIpc) is 2.29. The molecule has 0 unspecified atom stereocenters. The highest BCUT2D eigenvalue weighted by atomic mass is 16.5. The molecule has 2 aliphatic heterocycles. The predicted molar refractivity (Wildman–Crippen MR) is 56.5 cm³/mol. The lowest BCUT2D eigenvalue weighted by molar-refractivity contribution is 0.0384. The Hall–Kier alpha value is -0.870. The summed E-state index contributed by atoms with van der Waals surface area (Å²) < 4.78 is 5.29. The minimum absolute atomic E-state index is 0.862. The summed E-state index contributed by atoms with van der Waals surface area (Å²) in [4.78, 5) is 6.75. The van der Waals surface area contributed by atoms with Crippen LogP contribution in [0.15, 0.2) is 16.9 Å². The molecule has 14 heavy (non-hydrogen) atoms. The number of ether oxygens (including phenoxy) is 1. The van der Waals surface area contributed by atoms with Crippen LogP contribution in [-0.2, 0) is 4.74 Å². The van der Waals surface area contributed by atoms with Gasteiger partial charge in [-0.05, 0) is 0 Å². The monoisotopic (exact) mass is 195 g/mol. The molecule has 1 N–H and O–H groups in total. The zero-order chi connectivity index (χ0) is 9.64. The van der Waals surface area contributed by atoms with Crippen LogP contribution in [0.1, 0.15) is 6.42 Å². The minimum Gasteiger partial charge on any atom is -0.384 e. The third-order valence-corrected chi connectivity index (χ3v) is 2.52. The van der Waals surface area contributed by atoms with E-state index < -0.39 is 0 Å². The highest BCUT2D eigenvalue weighted by Gasteiger charge is 2.10. The summed E-state index contributed by atoms with van der Waals surface area (Å²) in [6, 6.07) is 0. The normalized spacial score (nSPS) is 23.0. The van der Waals surface area contributed by atoms with E-state index in [-0.39, 0.29) is 0 Å². The zero-order valence-corrected chi connectivity index (χ0v) is 8.41. The van der Waals surface area contributed by atoms with Gasteiger partial charge in [-0.25, -0.2) is 0 Å². The first kappa shape index (κ1) is 9.68. The Morgan fingerprint density at radius 1 is 1.43 bits per heavy atom. The molecular formula is C10H17N3O. The summed E-state index contributed by atoms with van der Waals surface area (Å²) in [6.07, 6.45) is 4.97. The molecule has 2 aliphatic rings. The van der Waals surface area contributed by atoms with Crippen LogP contribution >= 0.6 is 0 Å². The number of hydrogen-bond acceptors (Lipinski definition) is 4. The smallest absolute Gasteiger partial charge is 0.0594 e. The van der Waals surface area contributed by atoms with Crippen LogP contribution in [0.25, 0.3) is 0 Å². The number of morpholine rings is 1. The van der Waals surface area contributed by atoms with Crippen molar-refractivity contribution in [2.24, 2.45) is 4.99 Å². The molecule has 0 aromatic heterocycles. The summed E-state index contributed by atoms with van der Waals surface area (Å²) in [7, 11) is 0. The summed E-state index contributed by atoms with van der Waals surface area (Å²) in [5, 5.41) is 3.17. The van der Waals surface area contributed by atoms with Gasteiger partial charge < -0.3 is 10.1 Å². The Kier molecular flexibility index (Phi) is 3.54. The largest absolute Gasteiger partial charge is 0.384 e. The van der Waals surface area contributed by atoms with E-state index in [0.717, 1.165) is 51.5 Å². The number of hydrogen-bond donors (Lipinski definition) is 1. The molecule has 0 radical (unpaired) electrons. The van der Waals surface area contributed by atoms with Crippen LogP contribution in [0, 0.1) is 0 Å². The Balaban J connectivity index is 1.70. The van der Waals surface area contributed by atoms with Gasteiger partial charge in [0.05, 0.1) is 18.9 Å². The second-order valence-electron chi connectivity index (χ2n) is 3.56. The van der Waals surface area contributed by atoms with Crippen molar-refractivity contribution < 1.29 is 4.74 Å². The van der Waals surface area contributed by atoms with Gasteiger partial charge in [-0.1, -0.05) is 0 Å². The van der Waals surface area contributed by atoms with Crippen LogP contribution in [-0.4, -0.2) is 50.5 Å². The standard InChI is InChI=1S/C10H17N3O/c1(10-9-11-2-3-12-10)4-13-5-7-14-8-6-13/h3,9,11H,1-2,4-8H2. The highest BCUT2D eigenvalue weighted by Crippen LogP contribution is 2.06.